The van der Waals surface area contributed by atoms with Gasteiger partial charge in [-0.1, -0.05) is 58.0 Å². The summed E-state index contributed by atoms with van der Waals surface area (Å²) in [5.41, 5.74) is 5.12. The molecule has 106 valence electrons. The van der Waals surface area contributed by atoms with Gasteiger partial charge in [0.05, 0.1) is 5.69 Å². The molecule has 1 heteroatoms. The van der Waals surface area contributed by atoms with Gasteiger partial charge in [-0.15, -0.1) is 0 Å². The highest BCUT2D eigenvalue weighted by Gasteiger charge is 2.08. The molecular formula is C19H25N. The summed E-state index contributed by atoms with van der Waals surface area (Å²) >= 11 is 0. The summed E-state index contributed by atoms with van der Waals surface area (Å²) in [6, 6.07) is 13.1. The summed E-state index contributed by atoms with van der Waals surface area (Å²) in [4.78, 5) is 4.59. The standard InChI is InChI=1S/C19H25N/c1-14(2)12-16-7-9-17(10-8-16)19-18(13-15(3)4)6-5-11-20-19/h5-11,14-15H,12-13H2,1-4H3. The third kappa shape index (κ3) is 3.93. The predicted octanol–water partition coefficient (Wildman–Crippen LogP) is 5.15. The minimum Gasteiger partial charge on any atom is -0.256 e. The Labute approximate surface area is 123 Å². The van der Waals surface area contributed by atoms with Gasteiger partial charge in [-0.25, -0.2) is 0 Å². The van der Waals surface area contributed by atoms with Crippen molar-refractivity contribution in [1.82, 2.24) is 4.98 Å². The number of nitrogens with zero attached hydrogens (tertiary/aromatic N) is 1. The van der Waals surface area contributed by atoms with Crippen LogP contribution in [0.5, 0.6) is 0 Å². The highest BCUT2D eigenvalue weighted by molar-refractivity contribution is 5.63. The summed E-state index contributed by atoms with van der Waals surface area (Å²) in [6.45, 7) is 9.02. The number of hydrogen-bond donors (Lipinski definition) is 0. The lowest BCUT2D eigenvalue weighted by atomic mass is 9.96. The van der Waals surface area contributed by atoms with E-state index in [2.05, 4.69) is 63.0 Å². The van der Waals surface area contributed by atoms with E-state index in [-0.39, 0.29) is 0 Å². The molecule has 0 N–H and O–H groups in total. The molecule has 0 bridgehead atoms. The first-order valence-corrected chi connectivity index (χ1v) is 7.59. The monoisotopic (exact) mass is 267 g/mol. The van der Waals surface area contributed by atoms with Gasteiger partial charge in [0.2, 0.25) is 0 Å². The molecule has 2 rings (SSSR count). The molecule has 2 aromatic rings. The maximum atomic E-state index is 4.59. The molecule has 0 fully saturated rings. The van der Waals surface area contributed by atoms with Crippen LogP contribution in [-0.4, -0.2) is 4.98 Å². The fourth-order valence-electron chi connectivity index (χ4n) is 2.57. The van der Waals surface area contributed by atoms with Crippen LogP contribution in [0.2, 0.25) is 0 Å². The maximum absolute atomic E-state index is 4.59. The van der Waals surface area contributed by atoms with Crippen LogP contribution in [0.25, 0.3) is 11.3 Å². The Morgan fingerprint density at radius 3 is 2.10 bits per heavy atom. The largest absolute Gasteiger partial charge is 0.256 e. The van der Waals surface area contributed by atoms with Crippen LogP contribution in [0.4, 0.5) is 0 Å². The Bertz CT molecular complexity index is 538. The first-order chi connectivity index (χ1) is 9.56. The summed E-state index contributed by atoms with van der Waals surface area (Å²) in [5, 5.41) is 0. The number of hydrogen-bond acceptors (Lipinski definition) is 1. The minimum absolute atomic E-state index is 0.651. The SMILES string of the molecule is CC(C)Cc1ccc(-c2ncccc2CC(C)C)cc1. The van der Waals surface area contributed by atoms with Gasteiger partial charge in [0.25, 0.3) is 0 Å². The van der Waals surface area contributed by atoms with E-state index in [9.17, 15) is 0 Å². The van der Waals surface area contributed by atoms with Crippen molar-refractivity contribution in [2.24, 2.45) is 11.8 Å². The number of aromatic nitrogens is 1. The molecule has 0 atom stereocenters. The number of benzene rings is 1. The fourth-order valence-corrected chi connectivity index (χ4v) is 2.57. The Kier molecular flexibility index (Phi) is 4.94. The van der Waals surface area contributed by atoms with E-state index < -0.39 is 0 Å². The van der Waals surface area contributed by atoms with Crippen LogP contribution < -0.4 is 0 Å². The van der Waals surface area contributed by atoms with Gasteiger partial charge in [-0.2, -0.15) is 0 Å². The van der Waals surface area contributed by atoms with Crippen molar-refractivity contribution in [2.75, 3.05) is 0 Å². The molecule has 0 aliphatic carbocycles. The normalized spacial score (nSPS) is 11.3. The molecule has 1 aromatic carbocycles. The van der Waals surface area contributed by atoms with Gasteiger partial charge in [0.15, 0.2) is 0 Å². The predicted molar refractivity (Wildman–Crippen MR) is 86.8 cm³/mol. The number of pyridine rings is 1. The quantitative estimate of drug-likeness (QED) is 0.730. The molecule has 0 spiro atoms. The van der Waals surface area contributed by atoms with Gasteiger partial charge in [0, 0.05) is 11.8 Å². The minimum atomic E-state index is 0.651. The lowest BCUT2D eigenvalue weighted by molar-refractivity contribution is 0.646. The zero-order valence-electron chi connectivity index (χ0n) is 13.1. The zero-order valence-corrected chi connectivity index (χ0v) is 13.1. The highest BCUT2D eigenvalue weighted by atomic mass is 14.7. The van der Waals surface area contributed by atoms with Crippen LogP contribution in [0, 0.1) is 11.8 Å². The Morgan fingerprint density at radius 1 is 0.850 bits per heavy atom. The van der Waals surface area contributed by atoms with Crippen molar-refractivity contribution in [3.05, 3.63) is 53.7 Å². The lowest BCUT2D eigenvalue weighted by Gasteiger charge is -2.11. The molecule has 0 unspecified atom stereocenters. The molecule has 0 aliphatic rings. The van der Waals surface area contributed by atoms with Crippen LogP contribution >= 0.6 is 0 Å². The number of rotatable bonds is 5. The van der Waals surface area contributed by atoms with E-state index in [4.69, 9.17) is 0 Å². The van der Waals surface area contributed by atoms with Crippen LogP contribution in [-0.2, 0) is 12.8 Å². The van der Waals surface area contributed by atoms with Crippen molar-refractivity contribution < 1.29 is 0 Å². The van der Waals surface area contributed by atoms with Gasteiger partial charge in [-0.3, -0.25) is 4.98 Å². The van der Waals surface area contributed by atoms with Crippen LogP contribution in [0.15, 0.2) is 42.6 Å². The second kappa shape index (κ2) is 6.69. The van der Waals surface area contributed by atoms with Crippen LogP contribution in [0.1, 0.15) is 38.8 Å². The average Bonchev–Trinajstić information content (AvgIpc) is 2.39. The summed E-state index contributed by atoms with van der Waals surface area (Å²) in [6.07, 6.45) is 4.11. The smallest absolute Gasteiger partial charge is 0.0733 e. The second-order valence-electron chi connectivity index (χ2n) is 6.40. The van der Waals surface area contributed by atoms with Gasteiger partial charge in [-0.05, 0) is 41.9 Å². The van der Waals surface area contributed by atoms with Crippen molar-refractivity contribution in [3.8, 4) is 11.3 Å². The van der Waals surface area contributed by atoms with E-state index in [0.717, 1.165) is 18.5 Å². The molecule has 0 saturated carbocycles. The van der Waals surface area contributed by atoms with E-state index in [1.54, 1.807) is 0 Å². The fraction of sp³-hybridized carbons (Fsp3) is 0.421. The van der Waals surface area contributed by atoms with E-state index >= 15 is 0 Å². The van der Waals surface area contributed by atoms with Gasteiger partial charge >= 0.3 is 0 Å². The van der Waals surface area contributed by atoms with Gasteiger partial charge in [0.1, 0.15) is 0 Å². The molecular weight excluding hydrogens is 242 g/mol. The molecule has 20 heavy (non-hydrogen) atoms. The first-order valence-electron chi connectivity index (χ1n) is 7.59. The molecule has 1 heterocycles. The highest BCUT2D eigenvalue weighted by Crippen LogP contribution is 2.24. The first kappa shape index (κ1) is 14.8. The van der Waals surface area contributed by atoms with Crippen LogP contribution in [0.3, 0.4) is 0 Å². The molecule has 0 saturated heterocycles. The second-order valence-corrected chi connectivity index (χ2v) is 6.40. The van der Waals surface area contributed by atoms with Crippen molar-refractivity contribution >= 4 is 0 Å². The molecule has 0 aliphatic heterocycles. The molecule has 0 amide bonds. The molecule has 1 aromatic heterocycles. The van der Waals surface area contributed by atoms with E-state index in [1.165, 1.54) is 16.7 Å². The maximum Gasteiger partial charge on any atom is 0.0733 e. The Hall–Kier alpha value is -1.63. The summed E-state index contributed by atoms with van der Waals surface area (Å²) in [5.74, 6) is 1.35. The zero-order chi connectivity index (χ0) is 14.5. The average molecular weight is 267 g/mol. The third-order valence-corrected chi connectivity index (χ3v) is 3.39. The topological polar surface area (TPSA) is 12.9 Å². The summed E-state index contributed by atoms with van der Waals surface area (Å²) < 4.78 is 0. The van der Waals surface area contributed by atoms with Gasteiger partial charge < -0.3 is 0 Å². The Balaban J connectivity index is 2.27. The van der Waals surface area contributed by atoms with Crippen molar-refractivity contribution in [3.63, 3.8) is 0 Å². The van der Waals surface area contributed by atoms with Crippen molar-refractivity contribution in [1.29, 1.82) is 0 Å². The Morgan fingerprint density at radius 2 is 1.50 bits per heavy atom. The third-order valence-electron chi connectivity index (χ3n) is 3.39. The molecule has 0 radical (unpaired) electrons. The molecule has 1 nitrogen and oxygen atoms in total. The van der Waals surface area contributed by atoms with Crippen molar-refractivity contribution in [2.45, 2.75) is 40.5 Å². The van der Waals surface area contributed by atoms with E-state index in [1.807, 2.05) is 12.3 Å². The van der Waals surface area contributed by atoms with E-state index in [0.29, 0.717) is 11.8 Å². The lowest BCUT2D eigenvalue weighted by Crippen LogP contribution is -1.99. The summed E-state index contributed by atoms with van der Waals surface area (Å²) in [7, 11) is 0.